The van der Waals surface area contributed by atoms with Crippen LogP contribution in [0.5, 0.6) is 0 Å². The Kier molecular flexibility index (Phi) is 14.3. The standard InChI is InChI=1S/C12H28O3Si.H3N/c1-5-9-13-16(12-8-4,14-10-6-2)15-11-7-3;/h5-12H2,1-4H3;1H3. The van der Waals surface area contributed by atoms with E-state index in [4.69, 9.17) is 13.3 Å². The predicted octanol–water partition coefficient (Wildman–Crippen LogP) is 3.78. The van der Waals surface area contributed by atoms with E-state index in [9.17, 15) is 0 Å². The van der Waals surface area contributed by atoms with Crippen molar-refractivity contribution in [2.75, 3.05) is 19.8 Å². The van der Waals surface area contributed by atoms with Crippen molar-refractivity contribution in [3.05, 3.63) is 0 Å². The van der Waals surface area contributed by atoms with Crippen molar-refractivity contribution < 1.29 is 13.3 Å². The summed E-state index contributed by atoms with van der Waals surface area (Å²) >= 11 is 0. The van der Waals surface area contributed by atoms with Gasteiger partial charge in [-0.25, -0.2) is 0 Å². The van der Waals surface area contributed by atoms with Gasteiger partial charge in [-0.1, -0.05) is 34.1 Å². The Balaban J connectivity index is 0. The minimum Gasteiger partial charge on any atom is -0.373 e. The number of hydrogen-bond acceptors (Lipinski definition) is 4. The van der Waals surface area contributed by atoms with Gasteiger partial charge in [-0.3, -0.25) is 0 Å². The normalized spacial score (nSPS) is 11.3. The number of hydrogen-bond donors (Lipinski definition) is 1. The van der Waals surface area contributed by atoms with Gasteiger partial charge in [0.2, 0.25) is 0 Å². The fourth-order valence-electron chi connectivity index (χ4n) is 1.42. The molecule has 0 spiro atoms. The average Bonchev–Trinajstić information content (AvgIpc) is 2.31. The molecular weight excluding hydrogens is 234 g/mol. The Bertz CT molecular complexity index is 137. The van der Waals surface area contributed by atoms with Crippen LogP contribution in [0.1, 0.15) is 53.4 Å². The van der Waals surface area contributed by atoms with E-state index in [0.717, 1.165) is 51.5 Å². The lowest BCUT2D eigenvalue weighted by atomic mass is 10.5. The lowest BCUT2D eigenvalue weighted by Crippen LogP contribution is -2.46. The molecule has 0 aromatic heterocycles. The van der Waals surface area contributed by atoms with E-state index in [1.165, 1.54) is 0 Å². The molecule has 3 N–H and O–H groups in total. The highest BCUT2D eigenvalue weighted by atomic mass is 28.4. The highest BCUT2D eigenvalue weighted by molar-refractivity contribution is 6.60. The topological polar surface area (TPSA) is 62.7 Å². The Labute approximate surface area is 108 Å². The molecule has 0 amide bonds. The quantitative estimate of drug-likeness (QED) is 0.577. The molecule has 0 saturated heterocycles. The third kappa shape index (κ3) is 8.74. The van der Waals surface area contributed by atoms with Gasteiger partial charge in [0.25, 0.3) is 0 Å². The third-order valence-corrected chi connectivity index (χ3v) is 5.18. The Morgan fingerprint density at radius 2 is 1.00 bits per heavy atom. The van der Waals surface area contributed by atoms with Crippen molar-refractivity contribution in [2.24, 2.45) is 0 Å². The van der Waals surface area contributed by atoms with Gasteiger partial charge in [-0.05, 0) is 19.3 Å². The summed E-state index contributed by atoms with van der Waals surface area (Å²) in [5, 5.41) is 0. The molecule has 0 heterocycles. The van der Waals surface area contributed by atoms with Gasteiger partial charge in [-0.15, -0.1) is 0 Å². The summed E-state index contributed by atoms with van der Waals surface area (Å²) in [7, 11) is -2.36. The minimum absolute atomic E-state index is 0. The summed E-state index contributed by atoms with van der Waals surface area (Å²) in [4.78, 5) is 0. The molecule has 0 saturated carbocycles. The lowest BCUT2D eigenvalue weighted by molar-refractivity contribution is 0.0591. The van der Waals surface area contributed by atoms with Gasteiger partial charge in [0.15, 0.2) is 0 Å². The van der Waals surface area contributed by atoms with Crippen molar-refractivity contribution >= 4 is 8.80 Å². The molecule has 0 bridgehead atoms. The molecule has 5 heteroatoms. The van der Waals surface area contributed by atoms with Gasteiger partial charge >= 0.3 is 8.80 Å². The van der Waals surface area contributed by atoms with Crippen molar-refractivity contribution in [3.63, 3.8) is 0 Å². The minimum atomic E-state index is -2.36. The van der Waals surface area contributed by atoms with Crippen LogP contribution in [0.4, 0.5) is 0 Å². The Morgan fingerprint density at radius 1 is 0.647 bits per heavy atom. The monoisotopic (exact) mass is 265 g/mol. The van der Waals surface area contributed by atoms with Gasteiger partial charge < -0.3 is 19.4 Å². The highest BCUT2D eigenvalue weighted by Crippen LogP contribution is 2.19. The van der Waals surface area contributed by atoms with Gasteiger partial charge in [0.05, 0.1) is 0 Å². The van der Waals surface area contributed by atoms with E-state index in [1.54, 1.807) is 0 Å². The molecule has 0 atom stereocenters. The molecule has 0 unspecified atom stereocenters. The van der Waals surface area contributed by atoms with E-state index in [2.05, 4.69) is 27.7 Å². The van der Waals surface area contributed by atoms with E-state index < -0.39 is 8.80 Å². The lowest BCUT2D eigenvalue weighted by Gasteiger charge is -2.29. The molecule has 106 valence electrons. The fraction of sp³-hybridized carbons (Fsp3) is 1.00. The van der Waals surface area contributed by atoms with Crippen LogP contribution in [0.3, 0.4) is 0 Å². The molecule has 0 fully saturated rings. The molecule has 0 aliphatic rings. The smallest absolute Gasteiger partial charge is 0.373 e. The molecular formula is C12H31NO3Si. The van der Waals surface area contributed by atoms with Crippen molar-refractivity contribution in [2.45, 2.75) is 59.4 Å². The summed E-state index contributed by atoms with van der Waals surface area (Å²) in [6.07, 6.45) is 4.11. The van der Waals surface area contributed by atoms with Crippen LogP contribution < -0.4 is 6.15 Å². The summed E-state index contributed by atoms with van der Waals surface area (Å²) in [6.45, 7) is 10.8. The van der Waals surface area contributed by atoms with Crippen LogP contribution >= 0.6 is 0 Å². The van der Waals surface area contributed by atoms with Crippen LogP contribution in [0.15, 0.2) is 0 Å². The first-order valence-electron chi connectivity index (χ1n) is 6.66. The maximum absolute atomic E-state index is 5.92. The van der Waals surface area contributed by atoms with Crippen LogP contribution in [0.25, 0.3) is 0 Å². The molecule has 0 aromatic rings. The highest BCUT2D eigenvalue weighted by Gasteiger charge is 2.39. The molecule has 0 radical (unpaired) electrons. The van der Waals surface area contributed by atoms with E-state index in [0.29, 0.717) is 0 Å². The second-order valence-electron chi connectivity index (χ2n) is 3.98. The predicted molar refractivity (Wildman–Crippen MR) is 74.6 cm³/mol. The molecule has 0 aromatic carbocycles. The first-order chi connectivity index (χ1) is 7.74. The van der Waals surface area contributed by atoms with Crippen LogP contribution in [0.2, 0.25) is 6.04 Å². The van der Waals surface area contributed by atoms with Crippen LogP contribution in [0, 0.1) is 0 Å². The summed E-state index contributed by atoms with van der Waals surface area (Å²) in [5.74, 6) is 0. The van der Waals surface area contributed by atoms with Crippen LogP contribution in [-0.2, 0) is 13.3 Å². The zero-order valence-electron chi connectivity index (χ0n) is 12.1. The maximum Gasteiger partial charge on any atom is 0.500 e. The molecule has 17 heavy (non-hydrogen) atoms. The summed E-state index contributed by atoms with van der Waals surface area (Å²) < 4.78 is 17.8. The van der Waals surface area contributed by atoms with E-state index in [-0.39, 0.29) is 6.15 Å². The van der Waals surface area contributed by atoms with E-state index >= 15 is 0 Å². The van der Waals surface area contributed by atoms with Gasteiger partial charge in [-0.2, -0.15) is 0 Å². The van der Waals surface area contributed by atoms with Gasteiger partial charge in [0, 0.05) is 25.9 Å². The largest absolute Gasteiger partial charge is 0.500 e. The zero-order valence-corrected chi connectivity index (χ0v) is 13.1. The molecule has 0 aliphatic heterocycles. The second-order valence-corrected chi connectivity index (χ2v) is 6.71. The van der Waals surface area contributed by atoms with E-state index in [1.807, 2.05) is 0 Å². The summed E-state index contributed by atoms with van der Waals surface area (Å²) in [5.41, 5.74) is 0. The zero-order chi connectivity index (χ0) is 12.3. The molecule has 0 rings (SSSR count). The first kappa shape index (κ1) is 19.4. The van der Waals surface area contributed by atoms with Gasteiger partial charge in [0.1, 0.15) is 0 Å². The maximum atomic E-state index is 5.92. The average molecular weight is 265 g/mol. The van der Waals surface area contributed by atoms with Crippen molar-refractivity contribution in [3.8, 4) is 0 Å². The van der Waals surface area contributed by atoms with Crippen LogP contribution in [-0.4, -0.2) is 28.6 Å². The molecule has 0 aliphatic carbocycles. The van der Waals surface area contributed by atoms with Crippen molar-refractivity contribution in [1.82, 2.24) is 6.15 Å². The fourth-order valence-corrected chi connectivity index (χ4v) is 4.26. The number of rotatable bonds is 11. The summed E-state index contributed by atoms with van der Waals surface area (Å²) in [6, 6.07) is 0.938. The third-order valence-electron chi connectivity index (χ3n) is 2.13. The molecule has 4 nitrogen and oxygen atoms in total. The Hall–Kier alpha value is 0.0569. The Morgan fingerprint density at radius 3 is 1.24 bits per heavy atom. The SMILES string of the molecule is CCCO[Si](CCC)(OCCC)OCCC.N. The first-order valence-corrected chi connectivity index (χ1v) is 8.59. The second kappa shape index (κ2) is 12.5. The van der Waals surface area contributed by atoms with Crippen molar-refractivity contribution in [1.29, 1.82) is 0 Å².